The number of hydrogen-bond donors (Lipinski definition) is 1. The summed E-state index contributed by atoms with van der Waals surface area (Å²) in [5, 5.41) is 3.11. The van der Waals surface area contributed by atoms with Gasteiger partial charge >= 0.3 is 0 Å². The van der Waals surface area contributed by atoms with Crippen LogP contribution in [-0.2, 0) is 0 Å². The quantitative estimate of drug-likeness (QED) is 0.834. The molecule has 2 aromatic rings. The highest BCUT2D eigenvalue weighted by Gasteiger charge is 2.09. The molecule has 0 atom stereocenters. The summed E-state index contributed by atoms with van der Waals surface area (Å²) in [6.45, 7) is 0. The molecule has 1 N–H and O–H groups in total. The molecule has 0 aliphatic heterocycles. The minimum Gasteiger partial charge on any atom is -0.307 e. The number of nitrogens with one attached hydrogen (secondary N) is 1. The molecular formula is C12H8ClIN2O. The fraction of sp³-hybridized carbons (Fsp3) is 0. The summed E-state index contributed by atoms with van der Waals surface area (Å²) in [5.41, 5.74) is 0.439. The Bertz CT molecular complexity index is 542. The van der Waals surface area contributed by atoms with Crippen molar-refractivity contribution in [1.29, 1.82) is 0 Å². The summed E-state index contributed by atoms with van der Waals surface area (Å²) < 4.78 is 1.01. The second-order valence-corrected chi connectivity index (χ2v) is 4.95. The minimum absolute atomic E-state index is 0.260. The fourth-order valence-electron chi connectivity index (χ4n) is 1.28. The van der Waals surface area contributed by atoms with Gasteiger partial charge in [-0.2, -0.15) is 0 Å². The Labute approximate surface area is 117 Å². The van der Waals surface area contributed by atoms with E-state index in [0.29, 0.717) is 16.4 Å². The number of rotatable bonds is 2. The molecule has 1 aromatic carbocycles. The molecule has 0 aliphatic carbocycles. The number of halogens is 2. The van der Waals surface area contributed by atoms with Crippen molar-refractivity contribution in [2.45, 2.75) is 0 Å². The van der Waals surface area contributed by atoms with Gasteiger partial charge in [-0.1, -0.05) is 23.7 Å². The summed E-state index contributed by atoms with van der Waals surface area (Å²) in [5.74, 6) is 0.250. The molecule has 0 spiro atoms. The molecule has 5 heteroatoms. The van der Waals surface area contributed by atoms with Crippen molar-refractivity contribution in [3.05, 3.63) is 56.8 Å². The van der Waals surface area contributed by atoms with Gasteiger partial charge in [-0.3, -0.25) is 4.79 Å². The fourth-order valence-corrected chi connectivity index (χ4v) is 1.82. The van der Waals surface area contributed by atoms with Gasteiger partial charge in [0.1, 0.15) is 5.82 Å². The predicted molar refractivity (Wildman–Crippen MR) is 76.4 cm³/mol. The van der Waals surface area contributed by atoms with Crippen molar-refractivity contribution >= 4 is 45.9 Å². The number of pyridine rings is 1. The van der Waals surface area contributed by atoms with Crippen LogP contribution in [0.1, 0.15) is 10.4 Å². The van der Waals surface area contributed by atoms with Crippen LogP contribution in [0.15, 0.2) is 42.6 Å². The van der Waals surface area contributed by atoms with Gasteiger partial charge in [0.2, 0.25) is 0 Å². The van der Waals surface area contributed by atoms with Gasteiger partial charge in [-0.15, -0.1) is 0 Å². The lowest BCUT2D eigenvalue weighted by Gasteiger charge is -2.05. The molecule has 0 fully saturated rings. The molecular weight excluding hydrogens is 351 g/mol. The zero-order valence-electron chi connectivity index (χ0n) is 8.65. The zero-order chi connectivity index (χ0) is 12.3. The standard InChI is InChI=1S/C12H8ClIN2O/c13-10-4-2-1-3-9(10)12(17)16-11-6-5-8(14)7-15-11/h1-7H,(H,15,16,17). The Morgan fingerprint density at radius 2 is 2.00 bits per heavy atom. The maximum Gasteiger partial charge on any atom is 0.258 e. The summed E-state index contributed by atoms with van der Waals surface area (Å²) in [6, 6.07) is 10.5. The summed E-state index contributed by atoms with van der Waals surface area (Å²) in [7, 11) is 0. The van der Waals surface area contributed by atoms with Gasteiger partial charge in [0.25, 0.3) is 5.91 Å². The van der Waals surface area contributed by atoms with Crippen LogP contribution in [-0.4, -0.2) is 10.9 Å². The highest BCUT2D eigenvalue weighted by atomic mass is 127. The molecule has 86 valence electrons. The molecule has 17 heavy (non-hydrogen) atoms. The molecule has 0 saturated heterocycles. The van der Waals surface area contributed by atoms with Crippen LogP contribution >= 0.6 is 34.2 Å². The lowest BCUT2D eigenvalue weighted by atomic mass is 10.2. The molecule has 0 radical (unpaired) electrons. The van der Waals surface area contributed by atoms with Crippen molar-refractivity contribution in [3.8, 4) is 0 Å². The first-order chi connectivity index (χ1) is 8.16. The van der Waals surface area contributed by atoms with Crippen LogP contribution in [0.5, 0.6) is 0 Å². The number of aromatic nitrogens is 1. The van der Waals surface area contributed by atoms with Gasteiger partial charge in [-0.25, -0.2) is 4.98 Å². The minimum atomic E-state index is -0.260. The van der Waals surface area contributed by atoms with E-state index in [-0.39, 0.29) is 5.91 Å². The third-order valence-electron chi connectivity index (χ3n) is 2.09. The van der Waals surface area contributed by atoms with Crippen LogP contribution in [0.4, 0.5) is 5.82 Å². The largest absolute Gasteiger partial charge is 0.307 e. The van der Waals surface area contributed by atoms with Crippen LogP contribution in [0.2, 0.25) is 5.02 Å². The van der Waals surface area contributed by atoms with Gasteiger partial charge < -0.3 is 5.32 Å². The summed E-state index contributed by atoms with van der Waals surface area (Å²) in [4.78, 5) is 16.0. The summed E-state index contributed by atoms with van der Waals surface area (Å²) >= 11 is 8.08. The molecule has 0 aliphatic rings. The smallest absolute Gasteiger partial charge is 0.258 e. The van der Waals surface area contributed by atoms with Gasteiger partial charge in [0, 0.05) is 9.77 Å². The van der Waals surface area contributed by atoms with Crippen molar-refractivity contribution < 1.29 is 4.79 Å². The number of carbonyl (C=O) groups is 1. The topological polar surface area (TPSA) is 42.0 Å². The van der Waals surface area contributed by atoms with E-state index in [9.17, 15) is 4.79 Å². The lowest BCUT2D eigenvalue weighted by Crippen LogP contribution is -2.13. The highest BCUT2D eigenvalue weighted by molar-refractivity contribution is 14.1. The molecule has 3 nitrogen and oxygen atoms in total. The van der Waals surface area contributed by atoms with E-state index < -0.39 is 0 Å². The number of benzene rings is 1. The molecule has 2 rings (SSSR count). The van der Waals surface area contributed by atoms with Gasteiger partial charge in [0.15, 0.2) is 0 Å². The Kier molecular flexibility index (Phi) is 3.96. The van der Waals surface area contributed by atoms with Crippen LogP contribution in [0.3, 0.4) is 0 Å². The first kappa shape index (κ1) is 12.3. The Balaban J connectivity index is 2.17. The second-order valence-electron chi connectivity index (χ2n) is 3.30. The van der Waals surface area contributed by atoms with E-state index in [0.717, 1.165) is 3.57 Å². The third kappa shape index (κ3) is 3.17. The molecule has 1 aromatic heterocycles. The van der Waals surface area contributed by atoms with E-state index in [1.165, 1.54) is 0 Å². The third-order valence-corrected chi connectivity index (χ3v) is 3.06. The number of anilines is 1. The average molecular weight is 359 g/mol. The summed E-state index contributed by atoms with van der Waals surface area (Å²) in [6.07, 6.45) is 1.68. The molecule has 1 amide bonds. The number of nitrogens with zero attached hydrogens (tertiary/aromatic N) is 1. The first-order valence-electron chi connectivity index (χ1n) is 4.84. The van der Waals surface area contributed by atoms with E-state index in [4.69, 9.17) is 11.6 Å². The normalized spacial score (nSPS) is 10.0. The van der Waals surface area contributed by atoms with Crippen molar-refractivity contribution in [2.75, 3.05) is 5.32 Å². The average Bonchev–Trinajstić information content (AvgIpc) is 2.32. The van der Waals surface area contributed by atoms with E-state index in [2.05, 4.69) is 32.9 Å². The zero-order valence-corrected chi connectivity index (χ0v) is 11.6. The molecule has 0 unspecified atom stereocenters. The van der Waals surface area contributed by atoms with Gasteiger partial charge in [0.05, 0.1) is 10.6 Å². The SMILES string of the molecule is O=C(Nc1ccc(I)cn1)c1ccccc1Cl. The Morgan fingerprint density at radius 3 is 2.65 bits per heavy atom. The van der Waals surface area contributed by atoms with E-state index in [1.807, 2.05) is 6.07 Å². The monoisotopic (exact) mass is 358 g/mol. The van der Waals surface area contributed by atoms with E-state index in [1.54, 1.807) is 36.5 Å². The number of hydrogen-bond acceptors (Lipinski definition) is 2. The molecule has 0 saturated carbocycles. The lowest BCUT2D eigenvalue weighted by molar-refractivity contribution is 0.102. The van der Waals surface area contributed by atoms with Crippen molar-refractivity contribution in [3.63, 3.8) is 0 Å². The van der Waals surface area contributed by atoms with Crippen LogP contribution in [0.25, 0.3) is 0 Å². The maximum atomic E-state index is 11.9. The Hall–Kier alpha value is -1.14. The van der Waals surface area contributed by atoms with Crippen LogP contribution in [0, 0.1) is 3.57 Å². The predicted octanol–water partition coefficient (Wildman–Crippen LogP) is 3.59. The number of amides is 1. The van der Waals surface area contributed by atoms with Gasteiger partial charge in [-0.05, 0) is 46.9 Å². The van der Waals surface area contributed by atoms with Crippen molar-refractivity contribution in [2.24, 2.45) is 0 Å². The second kappa shape index (κ2) is 5.46. The molecule has 0 bridgehead atoms. The maximum absolute atomic E-state index is 11.9. The highest BCUT2D eigenvalue weighted by Crippen LogP contribution is 2.16. The Morgan fingerprint density at radius 1 is 1.24 bits per heavy atom. The number of carbonyl (C=O) groups excluding carboxylic acids is 1. The first-order valence-corrected chi connectivity index (χ1v) is 6.30. The van der Waals surface area contributed by atoms with Crippen molar-refractivity contribution in [1.82, 2.24) is 4.98 Å². The van der Waals surface area contributed by atoms with Crippen LogP contribution < -0.4 is 5.32 Å². The van der Waals surface area contributed by atoms with E-state index >= 15 is 0 Å². The molecule has 1 heterocycles.